The highest BCUT2D eigenvalue weighted by Gasteiger charge is 2.49. The molecular formula is C28H31FN4O6S. The molecule has 1 aromatic heterocycles. The Morgan fingerprint density at radius 2 is 1.82 bits per heavy atom. The lowest BCUT2D eigenvalue weighted by atomic mass is 9.69. The zero-order chi connectivity index (χ0) is 28.9. The molecule has 0 unspecified atom stereocenters. The molecular weight excluding hydrogens is 539 g/mol. The highest BCUT2D eigenvalue weighted by atomic mass is 32.2. The van der Waals surface area contributed by atoms with Gasteiger partial charge in [-0.15, -0.1) is 0 Å². The molecule has 1 amide bonds. The Kier molecular flexibility index (Phi) is 7.05. The molecule has 3 heterocycles. The standard InChI is InChI=1S/C28H31FN4O6S/c1-17-3-6-20(7-4-17)40(37,38)39-16-27-9-11-28(30,12-10-27)26-32-22(23(34)25(36)33(26)15-27)24(35)31-14-19-5-8-21(29)18(2)13-19/h3-8,13,34H,9-12,14-16,30H2,1-2H3,(H,31,35). The number of nitrogens with zero attached hydrogens (tertiary/aromatic N) is 2. The molecule has 212 valence electrons. The largest absolute Gasteiger partial charge is 0.501 e. The minimum absolute atomic E-state index is 0.0286. The average Bonchev–Trinajstić information content (AvgIpc) is 3.13. The van der Waals surface area contributed by atoms with Crippen molar-refractivity contribution in [2.24, 2.45) is 11.1 Å². The van der Waals surface area contributed by atoms with E-state index in [1.807, 2.05) is 6.92 Å². The number of fused-ring (bicyclic) bond motifs is 2. The molecule has 0 saturated heterocycles. The Bertz CT molecular complexity index is 1640. The van der Waals surface area contributed by atoms with Gasteiger partial charge in [-0.05, 0) is 68.9 Å². The maximum absolute atomic E-state index is 13.6. The first-order valence-electron chi connectivity index (χ1n) is 13.0. The molecule has 2 aromatic carbocycles. The number of nitrogens with one attached hydrogen (secondary N) is 1. The van der Waals surface area contributed by atoms with Crippen LogP contribution in [0, 0.1) is 25.1 Å². The number of hydrogen-bond acceptors (Lipinski definition) is 8. The first-order chi connectivity index (χ1) is 18.8. The lowest BCUT2D eigenvalue weighted by molar-refractivity contribution is 0.0708. The van der Waals surface area contributed by atoms with Gasteiger partial charge >= 0.3 is 0 Å². The van der Waals surface area contributed by atoms with Gasteiger partial charge in [0, 0.05) is 18.5 Å². The summed E-state index contributed by atoms with van der Waals surface area (Å²) in [6.45, 7) is 3.34. The minimum Gasteiger partial charge on any atom is -0.501 e. The van der Waals surface area contributed by atoms with Crippen molar-refractivity contribution in [3.05, 3.63) is 86.8 Å². The molecule has 10 nitrogen and oxygen atoms in total. The van der Waals surface area contributed by atoms with Gasteiger partial charge in [-0.2, -0.15) is 8.42 Å². The van der Waals surface area contributed by atoms with E-state index < -0.39 is 44.0 Å². The molecule has 1 saturated carbocycles. The second-order valence-corrected chi connectivity index (χ2v) is 12.6. The first-order valence-corrected chi connectivity index (χ1v) is 14.4. The highest BCUT2D eigenvalue weighted by Crippen LogP contribution is 2.48. The normalized spacial score (nSPS) is 22.0. The zero-order valence-electron chi connectivity index (χ0n) is 22.2. The maximum atomic E-state index is 13.6. The minimum atomic E-state index is -4.04. The smallest absolute Gasteiger partial charge is 0.296 e. The fourth-order valence-corrected chi connectivity index (χ4v) is 6.43. The summed E-state index contributed by atoms with van der Waals surface area (Å²) in [5.41, 5.74) is 5.60. The van der Waals surface area contributed by atoms with Crippen LogP contribution in [0.5, 0.6) is 5.75 Å². The van der Waals surface area contributed by atoms with Crippen molar-refractivity contribution in [1.82, 2.24) is 14.9 Å². The lowest BCUT2D eigenvalue weighted by Gasteiger charge is -2.39. The molecule has 3 aromatic rings. The van der Waals surface area contributed by atoms with Gasteiger partial charge in [0.2, 0.25) is 5.75 Å². The van der Waals surface area contributed by atoms with Gasteiger partial charge in [0.25, 0.3) is 21.6 Å². The van der Waals surface area contributed by atoms with E-state index in [2.05, 4.69) is 10.3 Å². The van der Waals surface area contributed by atoms with Gasteiger partial charge < -0.3 is 16.2 Å². The third-order valence-electron chi connectivity index (χ3n) is 8.01. The van der Waals surface area contributed by atoms with E-state index in [1.54, 1.807) is 25.1 Å². The van der Waals surface area contributed by atoms with Gasteiger partial charge in [-0.3, -0.25) is 18.3 Å². The number of carbonyl (C=O) groups excluding carboxylic acids is 1. The van der Waals surface area contributed by atoms with E-state index >= 15 is 0 Å². The summed E-state index contributed by atoms with van der Waals surface area (Å²) in [6, 6.07) is 10.7. The topological polar surface area (TPSA) is 154 Å². The molecule has 0 radical (unpaired) electrons. The molecule has 12 heteroatoms. The lowest BCUT2D eigenvalue weighted by Crippen LogP contribution is -2.44. The number of aromatic nitrogens is 2. The number of nitrogens with two attached hydrogens (primary N) is 1. The van der Waals surface area contributed by atoms with E-state index in [0.29, 0.717) is 36.8 Å². The highest BCUT2D eigenvalue weighted by molar-refractivity contribution is 7.86. The molecule has 0 spiro atoms. The van der Waals surface area contributed by atoms with E-state index in [9.17, 15) is 27.5 Å². The van der Waals surface area contributed by atoms with Crippen LogP contribution in [0.3, 0.4) is 0 Å². The number of hydrogen-bond donors (Lipinski definition) is 3. The SMILES string of the molecule is Cc1ccc(S(=O)(=O)OCC23CCC(N)(CC2)c2nc(C(=O)NCc4ccc(F)c(C)c4)c(O)c(=O)n2C3)cc1. The molecule has 3 aliphatic rings. The third-order valence-corrected chi connectivity index (χ3v) is 9.29. The number of halogens is 1. The number of aryl methyl sites for hydroxylation is 2. The van der Waals surface area contributed by atoms with Crippen LogP contribution in [0.15, 0.2) is 52.2 Å². The molecule has 0 atom stereocenters. The van der Waals surface area contributed by atoms with E-state index in [0.717, 1.165) is 5.56 Å². The van der Waals surface area contributed by atoms with Gasteiger partial charge in [-0.25, -0.2) is 9.37 Å². The van der Waals surface area contributed by atoms with E-state index in [1.165, 1.54) is 28.8 Å². The fourth-order valence-electron chi connectivity index (χ4n) is 5.42. The molecule has 1 aliphatic carbocycles. The number of carbonyl (C=O) groups is 1. The predicted molar refractivity (Wildman–Crippen MR) is 144 cm³/mol. The van der Waals surface area contributed by atoms with Crippen molar-refractivity contribution in [2.75, 3.05) is 6.61 Å². The molecule has 2 bridgehead atoms. The summed E-state index contributed by atoms with van der Waals surface area (Å²) in [6.07, 6.45) is 1.69. The Morgan fingerprint density at radius 1 is 1.15 bits per heavy atom. The van der Waals surface area contributed by atoms with E-state index in [4.69, 9.17) is 9.92 Å². The summed E-state index contributed by atoms with van der Waals surface area (Å²) in [5.74, 6) is -1.81. The summed E-state index contributed by atoms with van der Waals surface area (Å²) >= 11 is 0. The second-order valence-electron chi connectivity index (χ2n) is 11.0. The molecule has 1 fully saturated rings. The first kappa shape index (κ1) is 27.9. The van der Waals surface area contributed by atoms with Crippen LogP contribution in [-0.4, -0.2) is 35.6 Å². The van der Waals surface area contributed by atoms with Crippen molar-refractivity contribution < 1.29 is 26.9 Å². The zero-order valence-corrected chi connectivity index (χ0v) is 23.1. The summed E-state index contributed by atoms with van der Waals surface area (Å²) < 4.78 is 46.0. The van der Waals surface area contributed by atoms with Gasteiger partial charge in [0.1, 0.15) is 11.6 Å². The maximum Gasteiger partial charge on any atom is 0.296 e. The number of aromatic hydroxyl groups is 1. The van der Waals surface area contributed by atoms with Crippen LogP contribution in [0.25, 0.3) is 0 Å². The quantitative estimate of drug-likeness (QED) is 0.367. The van der Waals surface area contributed by atoms with Gasteiger partial charge in [-0.1, -0.05) is 29.8 Å². The van der Waals surface area contributed by atoms with Crippen molar-refractivity contribution in [1.29, 1.82) is 0 Å². The number of amides is 1. The third kappa shape index (κ3) is 5.14. The van der Waals surface area contributed by atoms with Crippen LogP contribution >= 0.6 is 0 Å². The van der Waals surface area contributed by atoms with Crippen LogP contribution in [0.2, 0.25) is 0 Å². The summed E-state index contributed by atoms with van der Waals surface area (Å²) in [7, 11) is -4.04. The van der Waals surface area contributed by atoms with Crippen LogP contribution < -0.4 is 16.6 Å². The summed E-state index contributed by atoms with van der Waals surface area (Å²) in [5, 5.41) is 13.3. The van der Waals surface area contributed by atoms with Gasteiger partial charge in [0.05, 0.1) is 17.0 Å². The van der Waals surface area contributed by atoms with Crippen molar-refractivity contribution in [2.45, 2.75) is 63.1 Å². The predicted octanol–water partition coefficient (Wildman–Crippen LogP) is 2.77. The molecule has 40 heavy (non-hydrogen) atoms. The Morgan fingerprint density at radius 3 is 2.48 bits per heavy atom. The Labute approximate surface area is 231 Å². The Hall–Kier alpha value is -3.61. The van der Waals surface area contributed by atoms with Crippen molar-refractivity contribution in [3.63, 3.8) is 0 Å². The van der Waals surface area contributed by atoms with Gasteiger partial charge in [0.15, 0.2) is 5.69 Å². The molecule has 2 aliphatic heterocycles. The molecule has 4 N–H and O–H groups in total. The van der Waals surface area contributed by atoms with Crippen LogP contribution in [-0.2, 0) is 32.9 Å². The second kappa shape index (κ2) is 10.1. The van der Waals surface area contributed by atoms with E-state index in [-0.39, 0.29) is 36.2 Å². The average molecular weight is 571 g/mol. The van der Waals surface area contributed by atoms with Crippen molar-refractivity contribution in [3.8, 4) is 5.75 Å². The fraction of sp³-hybridized carbons (Fsp3) is 0.393. The summed E-state index contributed by atoms with van der Waals surface area (Å²) in [4.78, 5) is 30.7. The number of rotatable bonds is 7. The monoisotopic (exact) mass is 570 g/mol. The number of benzene rings is 2. The molecule has 6 rings (SSSR count). The van der Waals surface area contributed by atoms with Crippen LogP contribution in [0.4, 0.5) is 4.39 Å². The van der Waals surface area contributed by atoms with Crippen molar-refractivity contribution >= 4 is 16.0 Å². The van der Waals surface area contributed by atoms with Crippen LogP contribution in [0.1, 0.15) is 58.7 Å². The Balaban J connectivity index is 1.40.